The van der Waals surface area contributed by atoms with Gasteiger partial charge in [0.05, 0.1) is 18.4 Å². The maximum atomic E-state index is 5.08. The van der Waals surface area contributed by atoms with Crippen molar-refractivity contribution in [2.45, 2.75) is 26.4 Å². The Morgan fingerprint density at radius 1 is 1.47 bits per heavy atom. The summed E-state index contributed by atoms with van der Waals surface area (Å²) >= 11 is 0. The molecule has 0 radical (unpaired) electrons. The molecule has 5 nitrogen and oxygen atoms in total. The minimum Gasteiger partial charge on any atom is -0.472 e. The van der Waals surface area contributed by atoms with Gasteiger partial charge in [-0.15, -0.1) is 0 Å². The first-order valence-corrected chi connectivity index (χ1v) is 4.84. The lowest BCUT2D eigenvalue weighted by atomic mass is 10.3. The van der Waals surface area contributed by atoms with Crippen LogP contribution in [0.5, 0.6) is 0 Å². The van der Waals surface area contributed by atoms with Crippen LogP contribution in [-0.4, -0.2) is 16.2 Å². The Morgan fingerprint density at radius 2 is 2.33 bits per heavy atom. The highest BCUT2D eigenvalue weighted by atomic mass is 16.5. The fraction of sp³-hybridized carbons (Fsp3) is 0.400. The molecule has 0 fully saturated rings. The maximum absolute atomic E-state index is 5.08. The van der Waals surface area contributed by atoms with Crippen LogP contribution in [0.25, 0.3) is 11.5 Å². The molecule has 0 unspecified atom stereocenters. The van der Waals surface area contributed by atoms with Crippen LogP contribution in [0.4, 0.5) is 0 Å². The van der Waals surface area contributed by atoms with E-state index >= 15 is 0 Å². The van der Waals surface area contributed by atoms with Crippen molar-refractivity contribution in [2.75, 3.05) is 0 Å². The van der Waals surface area contributed by atoms with E-state index in [1.807, 2.05) is 0 Å². The summed E-state index contributed by atoms with van der Waals surface area (Å²) in [6.07, 6.45) is 3.15. The van der Waals surface area contributed by atoms with Gasteiger partial charge in [0.1, 0.15) is 6.26 Å². The number of furan rings is 1. The number of aromatic nitrogens is 2. The van der Waals surface area contributed by atoms with Gasteiger partial charge >= 0.3 is 0 Å². The van der Waals surface area contributed by atoms with Gasteiger partial charge in [0.15, 0.2) is 5.82 Å². The summed E-state index contributed by atoms with van der Waals surface area (Å²) in [5.41, 5.74) is 0.804. The molecule has 80 valence electrons. The average Bonchev–Trinajstić information content (AvgIpc) is 2.85. The minimum absolute atomic E-state index is 0.404. The maximum Gasteiger partial charge on any atom is 0.261 e. The summed E-state index contributed by atoms with van der Waals surface area (Å²) in [5, 5.41) is 7.07. The van der Waals surface area contributed by atoms with Crippen LogP contribution in [-0.2, 0) is 6.54 Å². The van der Waals surface area contributed by atoms with Gasteiger partial charge in [0.2, 0.25) is 0 Å². The van der Waals surface area contributed by atoms with Crippen molar-refractivity contribution in [3.63, 3.8) is 0 Å². The zero-order valence-corrected chi connectivity index (χ0v) is 8.73. The van der Waals surface area contributed by atoms with Crippen molar-refractivity contribution in [2.24, 2.45) is 0 Å². The van der Waals surface area contributed by atoms with E-state index in [1.54, 1.807) is 18.6 Å². The SMILES string of the molecule is CC(C)NCc1noc(-c2ccoc2)n1. The first-order valence-electron chi connectivity index (χ1n) is 4.84. The van der Waals surface area contributed by atoms with Gasteiger partial charge in [-0.3, -0.25) is 0 Å². The highest BCUT2D eigenvalue weighted by Crippen LogP contribution is 2.16. The number of hydrogen-bond acceptors (Lipinski definition) is 5. The van der Waals surface area contributed by atoms with Crippen LogP contribution >= 0.6 is 0 Å². The molecular weight excluding hydrogens is 194 g/mol. The standard InChI is InChI=1S/C10H13N3O2/c1-7(2)11-5-9-12-10(15-13-9)8-3-4-14-6-8/h3-4,6-7,11H,5H2,1-2H3. The molecule has 2 aromatic heterocycles. The van der Waals surface area contributed by atoms with Crippen LogP contribution in [0.15, 0.2) is 27.5 Å². The molecule has 0 amide bonds. The van der Waals surface area contributed by atoms with E-state index in [2.05, 4.69) is 29.3 Å². The Bertz CT molecular complexity index is 406. The fourth-order valence-electron chi connectivity index (χ4n) is 1.12. The lowest BCUT2D eigenvalue weighted by molar-refractivity contribution is 0.416. The summed E-state index contributed by atoms with van der Waals surface area (Å²) in [5.74, 6) is 1.14. The second-order valence-electron chi connectivity index (χ2n) is 3.56. The Hall–Kier alpha value is -1.62. The summed E-state index contributed by atoms with van der Waals surface area (Å²) in [4.78, 5) is 4.22. The van der Waals surface area contributed by atoms with Crippen LogP contribution in [0.2, 0.25) is 0 Å². The van der Waals surface area contributed by atoms with Crippen molar-refractivity contribution in [1.82, 2.24) is 15.5 Å². The van der Waals surface area contributed by atoms with Gasteiger partial charge in [-0.25, -0.2) is 0 Å². The molecule has 0 atom stereocenters. The van der Waals surface area contributed by atoms with E-state index in [-0.39, 0.29) is 0 Å². The molecule has 0 aromatic carbocycles. The van der Waals surface area contributed by atoms with Crippen LogP contribution in [0.3, 0.4) is 0 Å². The molecule has 0 spiro atoms. The number of hydrogen-bond donors (Lipinski definition) is 1. The highest BCUT2D eigenvalue weighted by Gasteiger charge is 2.09. The third kappa shape index (κ3) is 2.44. The summed E-state index contributed by atoms with van der Waals surface area (Å²) in [6.45, 7) is 4.74. The Balaban J connectivity index is 2.04. The molecular formula is C10H13N3O2. The lowest BCUT2D eigenvalue weighted by Gasteiger charge is -2.02. The molecule has 0 aliphatic heterocycles. The molecule has 5 heteroatoms. The van der Waals surface area contributed by atoms with Crippen LogP contribution in [0, 0.1) is 0 Å². The van der Waals surface area contributed by atoms with Crippen molar-refractivity contribution >= 4 is 0 Å². The van der Waals surface area contributed by atoms with Gasteiger partial charge in [-0.2, -0.15) is 4.98 Å². The van der Waals surface area contributed by atoms with E-state index in [4.69, 9.17) is 8.94 Å². The largest absolute Gasteiger partial charge is 0.472 e. The zero-order valence-electron chi connectivity index (χ0n) is 8.73. The molecule has 0 aliphatic rings. The molecule has 0 bridgehead atoms. The normalized spacial score (nSPS) is 11.1. The second kappa shape index (κ2) is 4.27. The first kappa shape index (κ1) is 9.92. The summed E-state index contributed by atoms with van der Waals surface area (Å²) in [7, 11) is 0. The fourth-order valence-corrected chi connectivity index (χ4v) is 1.12. The van der Waals surface area contributed by atoms with Crippen molar-refractivity contribution in [3.05, 3.63) is 24.4 Å². The average molecular weight is 207 g/mol. The summed E-state index contributed by atoms with van der Waals surface area (Å²) in [6, 6.07) is 2.19. The predicted molar refractivity (Wildman–Crippen MR) is 54.0 cm³/mol. The van der Waals surface area contributed by atoms with Crippen molar-refractivity contribution < 1.29 is 8.94 Å². The first-order chi connectivity index (χ1) is 7.25. The predicted octanol–water partition coefficient (Wildman–Crippen LogP) is 1.83. The molecule has 2 rings (SSSR count). The molecule has 2 heterocycles. The van der Waals surface area contributed by atoms with E-state index in [9.17, 15) is 0 Å². The van der Waals surface area contributed by atoms with Gasteiger partial charge in [0.25, 0.3) is 5.89 Å². The number of nitrogens with zero attached hydrogens (tertiary/aromatic N) is 2. The highest BCUT2D eigenvalue weighted by molar-refractivity contribution is 5.49. The third-order valence-corrected chi connectivity index (χ3v) is 1.90. The van der Waals surface area contributed by atoms with E-state index in [0.717, 1.165) is 5.56 Å². The Kier molecular flexibility index (Phi) is 2.82. The Morgan fingerprint density at radius 3 is 3.00 bits per heavy atom. The number of nitrogens with one attached hydrogen (secondary N) is 1. The van der Waals surface area contributed by atoms with Gasteiger partial charge < -0.3 is 14.3 Å². The van der Waals surface area contributed by atoms with Crippen molar-refractivity contribution in [1.29, 1.82) is 0 Å². The monoisotopic (exact) mass is 207 g/mol. The van der Waals surface area contributed by atoms with E-state index in [0.29, 0.717) is 24.3 Å². The lowest BCUT2D eigenvalue weighted by Crippen LogP contribution is -2.22. The van der Waals surface area contributed by atoms with Crippen molar-refractivity contribution in [3.8, 4) is 11.5 Å². The van der Waals surface area contributed by atoms with Gasteiger partial charge in [-0.1, -0.05) is 19.0 Å². The quantitative estimate of drug-likeness (QED) is 0.828. The van der Waals surface area contributed by atoms with E-state index < -0.39 is 0 Å². The summed E-state index contributed by atoms with van der Waals surface area (Å²) < 4.78 is 10.0. The minimum atomic E-state index is 0.404. The Labute approximate surface area is 87.5 Å². The second-order valence-corrected chi connectivity index (χ2v) is 3.56. The number of rotatable bonds is 4. The molecule has 0 saturated carbocycles. The molecule has 2 aromatic rings. The van der Waals surface area contributed by atoms with Gasteiger partial charge in [-0.05, 0) is 6.07 Å². The molecule has 15 heavy (non-hydrogen) atoms. The molecule has 0 saturated heterocycles. The molecule has 0 aliphatic carbocycles. The molecule has 1 N–H and O–H groups in total. The zero-order chi connectivity index (χ0) is 10.7. The smallest absolute Gasteiger partial charge is 0.261 e. The van der Waals surface area contributed by atoms with Crippen LogP contribution in [0.1, 0.15) is 19.7 Å². The third-order valence-electron chi connectivity index (χ3n) is 1.90. The van der Waals surface area contributed by atoms with E-state index in [1.165, 1.54) is 0 Å². The van der Waals surface area contributed by atoms with Crippen LogP contribution < -0.4 is 5.32 Å². The topological polar surface area (TPSA) is 64.1 Å². The van der Waals surface area contributed by atoms with Gasteiger partial charge in [0, 0.05) is 6.04 Å².